The highest BCUT2D eigenvalue weighted by Crippen LogP contribution is 2.23. The molecule has 2 rings (SSSR count). The van der Waals surface area contributed by atoms with Crippen molar-refractivity contribution in [3.05, 3.63) is 29.8 Å². The maximum Gasteiger partial charge on any atom is 0.226 e. The Morgan fingerprint density at radius 1 is 1.30 bits per heavy atom. The predicted octanol–water partition coefficient (Wildman–Crippen LogP) is 3.55. The Morgan fingerprint density at radius 2 is 2.00 bits per heavy atom. The van der Waals surface area contributed by atoms with Crippen molar-refractivity contribution in [3.8, 4) is 5.75 Å². The van der Waals surface area contributed by atoms with Gasteiger partial charge in [-0.2, -0.15) is 0 Å². The summed E-state index contributed by atoms with van der Waals surface area (Å²) in [4.78, 5) is 14.4. The average molecular weight is 275 g/mol. The van der Waals surface area contributed by atoms with E-state index in [4.69, 9.17) is 4.74 Å². The summed E-state index contributed by atoms with van der Waals surface area (Å²) in [6.45, 7) is 6.79. The minimum atomic E-state index is 0.220. The van der Waals surface area contributed by atoms with E-state index in [1.165, 1.54) is 12.0 Å². The van der Waals surface area contributed by atoms with Gasteiger partial charge in [-0.15, -0.1) is 0 Å². The van der Waals surface area contributed by atoms with Gasteiger partial charge in [0.2, 0.25) is 5.91 Å². The number of likely N-dealkylation sites (tertiary alicyclic amines) is 1. The number of hydrogen-bond donors (Lipinski definition) is 0. The van der Waals surface area contributed by atoms with E-state index in [9.17, 15) is 4.79 Å². The summed E-state index contributed by atoms with van der Waals surface area (Å²) in [6, 6.07) is 8.67. The van der Waals surface area contributed by atoms with Crippen LogP contribution in [0.2, 0.25) is 0 Å². The topological polar surface area (TPSA) is 29.5 Å². The van der Waals surface area contributed by atoms with Crippen LogP contribution in [-0.2, 0) is 4.79 Å². The highest BCUT2D eigenvalue weighted by Gasteiger charge is 2.28. The van der Waals surface area contributed by atoms with Crippen LogP contribution in [-0.4, -0.2) is 29.5 Å². The second-order valence-corrected chi connectivity index (χ2v) is 5.84. The van der Waals surface area contributed by atoms with Gasteiger partial charge in [-0.1, -0.05) is 12.1 Å². The molecule has 0 N–H and O–H groups in total. The van der Waals surface area contributed by atoms with Crippen molar-refractivity contribution in [2.45, 2.75) is 58.5 Å². The van der Waals surface area contributed by atoms with Crippen LogP contribution in [0.25, 0.3) is 0 Å². The highest BCUT2D eigenvalue weighted by molar-refractivity contribution is 5.77. The molecular formula is C17H25NO2. The number of amides is 1. The predicted molar refractivity (Wildman–Crippen MR) is 80.9 cm³/mol. The summed E-state index contributed by atoms with van der Waals surface area (Å²) in [5, 5.41) is 0. The second-order valence-electron chi connectivity index (χ2n) is 5.84. The van der Waals surface area contributed by atoms with E-state index in [1.54, 1.807) is 0 Å². The Hall–Kier alpha value is -1.51. The number of ether oxygens (including phenoxy) is 1. The number of carbonyl (C=O) groups excluding carboxylic acids is 1. The molecule has 1 aromatic carbocycles. The second kappa shape index (κ2) is 6.78. The zero-order valence-electron chi connectivity index (χ0n) is 12.8. The van der Waals surface area contributed by atoms with Gasteiger partial charge >= 0.3 is 0 Å². The summed E-state index contributed by atoms with van der Waals surface area (Å²) < 4.78 is 5.67. The molecule has 1 aliphatic rings. The van der Waals surface area contributed by atoms with Gasteiger partial charge < -0.3 is 9.64 Å². The van der Waals surface area contributed by atoms with Gasteiger partial charge in [0.1, 0.15) is 5.75 Å². The van der Waals surface area contributed by atoms with Crippen LogP contribution < -0.4 is 4.74 Å². The summed E-state index contributed by atoms with van der Waals surface area (Å²) >= 11 is 0. The molecule has 0 bridgehead atoms. The van der Waals surface area contributed by atoms with E-state index in [1.807, 2.05) is 36.1 Å². The summed E-state index contributed by atoms with van der Waals surface area (Å²) in [7, 11) is 0. The monoisotopic (exact) mass is 275 g/mol. The number of nitrogens with zero attached hydrogens (tertiary/aromatic N) is 1. The fourth-order valence-corrected chi connectivity index (χ4v) is 3.00. The van der Waals surface area contributed by atoms with Gasteiger partial charge in [0.15, 0.2) is 0 Å². The minimum Gasteiger partial charge on any atom is -0.493 e. The molecule has 0 spiro atoms. The van der Waals surface area contributed by atoms with E-state index >= 15 is 0 Å². The number of hydrogen-bond acceptors (Lipinski definition) is 2. The third-order valence-corrected chi connectivity index (χ3v) is 4.06. The van der Waals surface area contributed by atoms with Gasteiger partial charge in [-0.25, -0.2) is 0 Å². The molecule has 3 heteroatoms. The lowest BCUT2D eigenvalue weighted by Gasteiger charge is -2.39. The average Bonchev–Trinajstić information content (AvgIpc) is 2.38. The third kappa shape index (κ3) is 3.75. The van der Waals surface area contributed by atoms with Gasteiger partial charge in [-0.05, 0) is 57.7 Å². The van der Waals surface area contributed by atoms with Crippen molar-refractivity contribution >= 4 is 5.91 Å². The Morgan fingerprint density at radius 3 is 2.65 bits per heavy atom. The first-order valence-electron chi connectivity index (χ1n) is 7.58. The van der Waals surface area contributed by atoms with Crippen LogP contribution in [0.5, 0.6) is 5.75 Å². The van der Waals surface area contributed by atoms with E-state index in [0.717, 1.165) is 18.6 Å². The first kappa shape index (κ1) is 14.9. The van der Waals surface area contributed by atoms with Crippen LogP contribution in [0.3, 0.4) is 0 Å². The SMILES string of the molecule is Cc1cccc(OCCC(=O)N2C(C)CCCC2C)c1. The minimum absolute atomic E-state index is 0.220. The largest absolute Gasteiger partial charge is 0.493 e. The lowest BCUT2D eigenvalue weighted by Crippen LogP contribution is -2.47. The molecule has 1 saturated heterocycles. The van der Waals surface area contributed by atoms with Crippen LogP contribution in [0.15, 0.2) is 24.3 Å². The quantitative estimate of drug-likeness (QED) is 0.841. The van der Waals surface area contributed by atoms with E-state index in [2.05, 4.69) is 13.8 Å². The number of rotatable bonds is 4. The fraction of sp³-hybridized carbons (Fsp3) is 0.588. The smallest absolute Gasteiger partial charge is 0.226 e. The van der Waals surface area contributed by atoms with E-state index < -0.39 is 0 Å². The van der Waals surface area contributed by atoms with Crippen LogP contribution >= 0.6 is 0 Å². The first-order chi connectivity index (χ1) is 9.58. The Balaban J connectivity index is 1.82. The maximum atomic E-state index is 12.3. The molecule has 1 amide bonds. The highest BCUT2D eigenvalue weighted by atomic mass is 16.5. The van der Waals surface area contributed by atoms with Crippen LogP contribution in [0.4, 0.5) is 0 Å². The molecule has 1 aliphatic heterocycles. The number of aryl methyl sites for hydroxylation is 1. The van der Waals surface area contributed by atoms with Crippen molar-refractivity contribution in [1.29, 1.82) is 0 Å². The zero-order chi connectivity index (χ0) is 14.5. The lowest BCUT2D eigenvalue weighted by atomic mass is 9.97. The van der Waals surface area contributed by atoms with Crippen molar-refractivity contribution in [1.82, 2.24) is 4.90 Å². The molecule has 1 heterocycles. The number of carbonyl (C=O) groups is 1. The molecule has 110 valence electrons. The van der Waals surface area contributed by atoms with Gasteiger partial charge in [0.25, 0.3) is 0 Å². The lowest BCUT2D eigenvalue weighted by molar-refractivity contribution is -0.137. The van der Waals surface area contributed by atoms with Crippen molar-refractivity contribution < 1.29 is 9.53 Å². The van der Waals surface area contributed by atoms with Gasteiger partial charge in [0, 0.05) is 12.1 Å². The Bertz CT molecular complexity index is 448. The fourth-order valence-electron chi connectivity index (χ4n) is 3.00. The first-order valence-corrected chi connectivity index (χ1v) is 7.58. The van der Waals surface area contributed by atoms with Crippen molar-refractivity contribution in [2.75, 3.05) is 6.61 Å². The van der Waals surface area contributed by atoms with Gasteiger partial charge in [-0.3, -0.25) is 4.79 Å². The Labute approximate surface area is 121 Å². The molecule has 0 aliphatic carbocycles. The summed E-state index contributed by atoms with van der Waals surface area (Å²) in [5.74, 6) is 1.06. The standard InChI is InChI=1S/C17H25NO2/c1-13-6-4-9-16(12-13)20-11-10-17(19)18-14(2)7-5-8-15(18)3/h4,6,9,12,14-15H,5,7-8,10-11H2,1-3H3. The molecule has 0 radical (unpaired) electrons. The third-order valence-electron chi connectivity index (χ3n) is 4.06. The molecule has 1 fully saturated rings. The molecule has 0 aromatic heterocycles. The molecule has 1 aromatic rings. The molecule has 0 saturated carbocycles. The van der Waals surface area contributed by atoms with Crippen LogP contribution in [0, 0.1) is 6.92 Å². The van der Waals surface area contributed by atoms with Crippen molar-refractivity contribution in [2.24, 2.45) is 0 Å². The summed E-state index contributed by atoms with van der Waals surface area (Å²) in [6.07, 6.45) is 3.93. The van der Waals surface area contributed by atoms with Crippen LogP contribution in [0.1, 0.15) is 45.1 Å². The van der Waals surface area contributed by atoms with E-state index in [0.29, 0.717) is 25.1 Å². The van der Waals surface area contributed by atoms with Crippen molar-refractivity contribution in [3.63, 3.8) is 0 Å². The zero-order valence-corrected chi connectivity index (χ0v) is 12.8. The Kier molecular flexibility index (Phi) is 5.05. The molecular weight excluding hydrogens is 250 g/mol. The molecule has 3 nitrogen and oxygen atoms in total. The normalized spacial score (nSPS) is 22.6. The maximum absolute atomic E-state index is 12.3. The number of benzene rings is 1. The molecule has 2 unspecified atom stereocenters. The molecule has 20 heavy (non-hydrogen) atoms. The van der Waals surface area contributed by atoms with E-state index in [-0.39, 0.29) is 5.91 Å². The summed E-state index contributed by atoms with van der Waals surface area (Å²) in [5.41, 5.74) is 1.17. The number of piperidine rings is 1. The molecule has 2 atom stereocenters. The van der Waals surface area contributed by atoms with Gasteiger partial charge in [0.05, 0.1) is 13.0 Å².